The van der Waals surface area contributed by atoms with Gasteiger partial charge >= 0.3 is 5.97 Å². The first-order chi connectivity index (χ1) is 11.6. The fourth-order valence-corrected chi connectivity index (χ4v) is 4.20. The third-order valence-corrected chi connectivity index (χ3v) is 5.48. The Morgan fingerprint density at radius 3 is 2.42 bits per heavy atom. The Balaban J connectivity index is 1.76. The molecule has 24 heavy (non-hydrogen) atoms. The molecule has 1 aromatic heterocycles. The highest BCUT2D eigenvalue weighted by molar-refractivity contribution is 5.94. The first kappa shape index (κ1) is 16.9. The molecule has 3 rings (SSSR count). The molecule has 0 atom stereocenters. The Labute approximate surface area is 143 Å². The van der Waals surface area contributed by atoms with Gasteiger partial charge in [0.05, 0.1) is 7.11 Å². The first-order valence-electron chi connectivity index (χ1n) is 8.98. The van der Waals surface area contributed by atoms with Gasteiger partial charge in [0.15, 0.2) is 0 Å². The zero-order chi connectivity index (χ0) is 17.0. The van der Waals surface area contributed by atoms with Crippen LogP contribution in [0.15, 0.2) is 18.2 Å². The number of aromatic nitrogens is 1. The highest BCUT2D eigenvalue weighted by Crippen LogP contribution is 2.42. The number of carbonyl (C=O) groups excluding carboxylic acids is 2. The molecule has 5 nitrogen and oxygen atoms in total. The molecule has 1 spiro atoms. The van der Waals surface area contributed by atoms with Gasteiger partial charge in [0.2, 0.25) is 0 Å². The van der Waals surface area contributed by atoms with Crippen molar-refractivity contribution < 1.29 is 14.3 Å². The van der Waals surface area contributed by atoms with Gasteiger partial charge in [-0.1, -0.05) is 31.7 Å². The standard InChI is InChI=1S/C19H26N2O3/c1-24-18(23)16-9-6-8-15(20-16)17(22)21-13-7-12-19(14-21)10-4-2-3-5-11-19/h6,8-9H,2-5,7,10-14H2,1H3. The summed E-state index contributed by atoms with van der Waals surface area (Å²) in [6.45, 7) is 1.61. The quantitative estimate of drug-likeness (QED) is 0.779. The second-order valence-electron chi connectivity index (χ2n) is 7.14. The number of esters is 1. The first-order valence-corrected chi connectivity index (χ1v) is 8.98. The molecule has 0 N–H and O–H groups in total. The number of rotatable bonds is 2. The van der Waals surface area contributed by atoms with E-state index < -0.39 is 5.97 Å². The minimum Gasteiger partial charge on any atom is -0.464 e. The molecule has 1 amide bonds. The number of amides is 1. The van der Waals surface area contributed by atoms with E-state index in [1.165, 1.54) is 52.1 Å². The van der Waals surface area contributed by atoms with Crippen LogP contribution in [-0.4, -0.2) is 42.0 Å². The molecule has 1 aromatic rings. The summed E-state index contributed by atoms with van der Waals surface area (Å²) in [6, 6.07) is 4.95. The maximum absolute atomic E-state index is 12.9. The highest BCUT2D eigenvalue weighted by Gasteiger charge is 2.37. The van der Waals surface area contributed by atoms with Gasteiger partial charge in [0.25, 0.3) is 5.91 Å². The van der Waals surface area contributed by atoms with E-state index in [0.717, 1.165) is 19.5 Å². The molecular weight excluding hydrogens is 304 g/mol. The summed E-state index contributed by atoms with van der Waals surface area (Å²) in [6.07, 6.45) is 9.93. The molecule has 0 radical (unpaired) electrons. The van der Waals surface area contributed by atoms with Crippen molar-refractivity contribution in [3.05, 3.63) is 29.6 Å². The summed E-state index contributed by atoms with van der Waals surface area (Å²) in [7, 11) is 1.32. The molecule has 1 saturated heterocycles. The van der Waals surface area contributed by atoms with E-state index in [4.69, 9.17) is 4.74 Å². The van der Waals surface area contributed by atoms with E-state index in [-0.39, 0.29) is 11.6 Å². The fraction of sp³-hybridized carbons (Fsp3) is 0.632. The number of hydrogen-bond acceptors (Lipinski definition) is 4. The monoisotopic (exact) mass is 330 g/mol. The van der Waals surface area contributed by atoms with Gasteiger partial charge in [-0.25, -0.2) is 9.78 Å². The average molecular weight is 330 g/mol. The molecular formula is C19H26N2O3. The predicted octanol–water partition coefficient (Wildman–Crippen LogP) is 3.44. The van der Waals surface area contributed by atoms with Crippen molar-refractivity contribution >= 4 is 11.9 Å². The topological polar surface area (TPSA) is 59.5 Å². The summed E-state index contributed by atoms with van der Waals surface area (Å²) < 4.78 is 4.69. The summed E-state index contributed by atoms with van der Waals surface area (Å²) in [5.41, 5.74) is 0.817. The summed E-state index contributed by atoms with van der Waals surface area (Å²) >= 11 is 0. The fourth-order valence-electron chi connectivity index (χ4n) is 4.20. The maximum atomic E-state index is 12.9. The third-order valence-electron chi connectivity index (χ3n) is 5.48. The normalized spacial score (nSPS) is 20.5. The van der Waals surface area contributed by atoms with Gasteiger partial charge in [-0.2, -0.15) is 0 Å². The number of likely N-dealkylation sites (tertiary alicyclic amines) is 1. The summed E-state index contributed by atoms with van der Waals surface area (Å²) in [5, 5.41) is 0. The SMILES string of the molecule is COC(=O)c1cccc(C(=O)N2CCCC3(CCCCCC3)C2)n1. The molecule has 2 fully saturated rings. The second kappa shape index (κ2) is 7.32. The second-order valence-corrected chi connectivity index (χ2v) is 7.14. The molecule has 2 aliphatic rings. The Morgan fingerprint density at radius 2 is 1.71 bits per heavy atom. The van der Waals surface area contributed by atoms with Crippen LogP contribution >= 0.6 is 0 Å². The van der Waals surface area contributed by atoms with Gasteiger partial charge in [-0.3, -0.25) is 4.79 Å². The van der Waals surface area contributed by atoms with Crippen molar-refractivity contribution in [1.82, 2.24) is 9.88 Å². The predicted molar refractivity (Wildman–Crippen MR) is 90.8 cm³/mol. The van der Waals surface area contributed by atoms with Crippen molar-refractivity contribution in [3.8, 4) is 0 Å². The van der Waals surface area contributed by atoms with Crippen molar-refractivity contribution in [3.63, 3.8) is 0 Å². The zero-order valence-corrected chi connectivity index (χ0v) is 14.4. The minimum absolute atomic E-state index is 0.0657. The third kappa shape index (κ3) is 3.60. The van der Waals surface area contributed by atoms with E-state index >= 15 is 0 Å². The van der Waals surface area contributed by atoms with E-state index in [1.54, 1.807) is 18.2 Å². The molecule has 0 aromatic carbocycles. The van der Waals surface area contributed by atoms with E-state index in [1.807, 2.05) is 4.90 Å². The summed E-state index contributed by atoms with van der Waals surface area (Å²) in [4.78, 5) is 30.7. The Bertz CT molecular complexity index is 606. The Morgan fingerprint density at radius 1 is 1.04 bits per heavy atom. The van der Waals surface area contributed by atoms with Crippen LogP contribution in [0.3, 0.4) is 0 Å². The number of nitrogens with zero attached hydrogens (tertiary/aromatic N) is 2. The van der Waals surface area contributed by atoms with Crippen LogP contribution in [0.5, 0.6) is 0 Å². The summed E-state index contributed by atoms with van der Waals surface area (Å²) in [5.74, 6) is -0.576. The van der Waals surface area contributed by atoms with E-state index in [0.29, 0.717) is 11.1 Å². The van der Waals surface area contributed by atoms with Crippen LogP contribution in [0.1, 0.15) is 72.3 Å². The van der Waals surface area contributed by atoms with E-state index in [2.05, 4.69) is 4.98 Å². The minimum atomic E-state index is -0.511. The van der Waals surface area contributed by atoms with Gasteiger partial charge < -0.3 is 9.64 Å². The number of carbonyl (C=O) groups is 2. The number of hydrogen-bond donors (Lipinski definition) is 0. The van der Waals surface area contributed by atoms with Crippen molar-refractivity contribution in [2.24, 2.45) is 5.41 Å². The van der Waals surface area contributed by atoms with Crippen LogP contribution in [0.2, 0.25) is 0 Å². The number of ether oxygens (including phenoxy) is 1. The van der Waals surface area contributed by atoms with Gasteiger partial charge in [-0.15, -0.1) is 0 Å². The lowest BCUT2D eigenvalue weighted by Gasteiger charge is -2.42. The molecule has 2 heterocycles. The van der Waals surface area contributed by atoms with Crippen LogP contribution in [0.25, 0.3) is 0 Å². The smallest absolute Gasteiger partial charge is 0.356 e. The van der Waals surface area contributed by atoms with Crippen molar-refractivity contribution in [2.45, 2.75) is 51.4 Å². The van der Waals surface area contributed by atoms with Gasteiger partial charge in [0.1, 0.15) is 11.4 Å². The molecule has 0 bridgehead atoms. The average Bonchev–Trinajstić information content (AvgIpc) is 2.86. The highest BCUT2D eigenvalue weighted by atomic mass is 16.5. The van der Waals surface area contributed by atoms with Crippen LogP contribution in [0.4, 0.5) is 0 Å². The molecule has 0 unspecified atom stereocenters. The number of methoxy groups -OCH3 is 1. The van der Waals surface area contributed by atoms with Crippen LogP contribution in [0, 0.1) is 5.41 Å². The number of piperidine rings is 1. The van der Waals surface area contributed by atoms with Crippen LogP contribution in [-0.2, 0) is 4.74 Å². The van der Waals surface area contributed by atoms with Gasteiger partial charge in [-0.05, 0) is 43.2 Å². The van der Waals surface area contributed by atoms with E-state index in [9.17, 15) is 9.59 Å². The largest absolute Gasteiger partial charge is 0.464 e. The molecule has 5 heteroatoms. The van der Waals surface area contributed by atoms with Crippen LogP contribution < -0.4 is 0 Å². The molecule has 1 aliphatic carbocycles. The molecule has 1 saturated carbocycles. The lowest BCUT2D eigenvalue weighted by molar-refractivity contribution is 0.0459. The zero-order valence-electron chi connectivity index (χ0n) is 14.4. The molecule has 1 aliphatic heterocycles. The maximum Gasteiger partial charge on any atom is 0.356 e. The van der Waals surface area contributed by atoms with Crippen molar-refractivity contribution in [1.29, 1.82) is 0 Å². The van der Waals surface area contributed by atoms with Crippen molar-refractivity contribution in [2.75, 3.05) is 20.2 Å². The van der Waals surface area contributed by atoms with Gasteiger partial charge in [0, 0.05) is 13.1 Å². The lowest BCUT2D eigenvalue weighted by Crippen LogP contribution is -2.46. The Kier molecular flexibility index (Phi) is 5.17. The Hall–Kier alpha value is -1.91. The lowest BCUT2D eigenvalue weighted by atomic mass is 9.74. The number of pyridine rings is 1. The molecule has 130 valence electrons.